The van der Waals surface area contributed by atoms with Gasteiger partial charge in [0.2, 0.25) is 5.91 Å². The maximum absolute atomic E-state index is 13.8. The molecule has 3 rings (SSSR count). The smallest absolute Gasteiger partial charge is 0.307 e. The highest BCUT2D eigenvalue weighted by atomic mass is 19.1. The molecule has 118 valence electrons. The third kappa shape index (κ3) is 2.69. The van der Waals surface area contributed by atoms with E-state index in [0.29, 0.717) is 12.8 Å². The number of carboxylic acids is 1. The quantitative estimate of drug-likeness (QED) is 0.909. The highest BCUT2D eigenvalue weighted by Gasteiger charge is 2.46. The van der Waals surface area contributed by atoms with Gasteiger partial charge in [-0.25, -0.2) is 8.78 Å². The molecule has 2 fully saturated rings. The first kappa shape index (κ1) is 14.9. The van der Waals surface area contributed by atoms with E-state index < -0.39 is 29.4 Å². The van der Waals surface area contributed by atoms with Gasteiger partial charge in [-0.15, -0.1) is 0 Å². The maximum Gasteiger partial charge on any atom is 0.307 e. The maximum atomic E-state index is 13.8. The van der Waals surface area contributed by atoms with E-state index in [0.717, 1.165) is 25.0 Å². The number of amides is 1. The molecule has 1 amide bonds. The summed E-state index contributed by atoms with van der Waals surface area (Å²) in [7, 11) is 0. The Hall–Kier alpha value is -1.98. The van der Waals surface area contributed by atoms with E-state index in [1.165, 1.54) is 11.0 Å². The van der Waals surface area contributed by atoms with Gasteiger partial charge in [-0.05, 0) is 37.8 Å². The summed E-state index contributed by atoms with van der Waals surface area (Å²) >= 11 is 0. The van der Waals surface area contributed by atoms with Gasteiger partial charge >= 0.3 is 5.97 Å². The van der Waals surface area contributed by atoms with Crippen molar-refractivity contribution in [2.45, 2.75) is 38.3 Å². The minimum Gasteiger partial charge on any atom is -0.481 e. The van der Waals surface area contributed by atoms with Crippen LogP contribution in [0.4, 0.5) is 8.78 Å². The number of halogens is 2. The molecule has 22 heavy (non-hydrogen) atoms. The first-order valence-corrected chi connectivity index (χ1v) is 7.45. The fourth-order valence-electron chi connectivity index (χ4n) is 2.93. The molecule has 2 aliphatic carbocycles. The van der Waals surface area contributed by atoms with E-state index in [9.17, 15) is 18.4 Å². The summed E-state index contributed by atoms with van der Waals surface area (Å²) in [6.45, 7) is -0.134. The third-order valence-corrected chi connectivity index (χ3v) is 4.57. The van der Waals surface area contributed by atoms with Crippen LogP contribution >= 0.6 is 0 Å². The Morgan fingerprint density at radius 2 is 1.68 bits per heavy atom. The molecular formula is C16H17F2NO3. The fourth-order valence-corrected chi connectivity index (χ4v) is 2.93. The molecule has 0 saturated heterocycles. The van der Waals surface area contributed by atoms with Gasteiger partial charge in [0, 0.05) is 11.6 Å². The van der Waals surface area contributed by atoms with Crippen molar-refractivity contribution in [2.24, 2.45) is 11.8 Å². The largest absolute Gasteiger partial charge is 0.481 e. The molecule has 2 atom stereocenters. The van der Waals surface area contributed by atoms with E-state index >= 15 is 0 Å². The number of hydrogen-bond acceptors (Lipinski definition) is 2. The molecule has 0 spiro atoms. The number of carbonyl (C=O) groups is 2. The molecule has 1 aromatic carbocycles. The second-order valence-electron chi connectivity index (χ2n) is 6.03. The molecule has 0 aliphatic heterocycles. The summed E-state index contributed by atoms with van der Waals surface area (Å²) in [6.07, 6.45) is 2.61. The minimum atomic E-state index is -0.975. The summed E-state index contributed by atoms with van der Waals surface area (Å²) in [6, 6.07) is 3.58. The van der Waals surface area contributed by atoms with Gasteiger partial charge in [0.15, 0.2) is 0 Å². The number of benzene rings is 1. The van der Waals surface area contributed by atoms with Crippen LogP contribution in [-0.2, 0) is 16.1 Å². The molecule has 0 radical (unpaired) electrons. The third-order valence-electron chi connectivity index (χ3n) is 4.57. The van der Waals surface area contributed by atoms with Crippen LogP contribution in [0.1, 0.15) is 31.2 Å². The number of hydrogen-bond donors (Lipinski definition) is 1. The first-order valence-electron chi connectivity index (χ1n) is 7.45. The molecular weight excluding hydrogens is 292 g/mol. The van der Waals surface area contributed by atoms with Crippen LogP contribution in [0, 0.1) is 23.5 Å². The lowest BCUT2D eigenvalue weighted by Crippen LogP contribution is -2.46. The van der Waals surface area contributed by atoms with Gasteiger partial charge in [0.05, 0.1) is 18.4 Å². The predicted molar refractivity (Wildman–Crippen MR) is 73.8 cm³/mol. The van der Waals surface area contributed by atoms with Crippen molar-refractivity contribution in [3.63, 3.8) is 0 Å². The number of nitrogens with zero attached hydrogens (tertiary/aromatic N) is 1. The molecule has 0 aromatic heterocycles. The van der Waals surface area contributed by atoms with Crippen molar-refractivity contribution >= 4 is 11.9 Å². The zero-order valence-corrected chi connectivity index (χ0v) is 12.0. The zero-order chi connectivity index (χ0) is 15.9. The second-order valence-corrected chi connectivity index (χ2v) is 6.03. The molecule has 0 heterocycles. The Morgan fingerprint density at radius 3 is 2.14 bits per heavy atom. The topological polar surface area (TPSA) is 57.6 Å². The minimum absolute atomic E-state index is 0.0263. The SMILES string of the molecule is O=C(O)C1CCC1C(=O)N(Cc1c(F)cccc1F)C1CC1. The summed E-state index contributed by atoms with van der Waals surface area (Å²) in [5.74, 6) is -3.85. The van der Waals surface area contributed by atoms with Crippen molar-refractivity contribution in [3.05, 3.63) is 35.4 Å². The predicted octanol–water partition coefficient (Wildman–Crippen LogP) is 2.57. The first-order chi connectivity index (χ1) is 10.5. The van der Waals surface area contributed by atoms with Crippen LogP contribution < -0.4 is 0 Å². The molecule has 1 N–H and O–H groups in total. The molecule has 6 heteroatoms. The molecule has 0 bridgehead atoms. The zero-order valence-electron chi connectivity index (χ0n) is 12.0. The molecule has 2 saturated carbocycles. The van der Waals surface area contributed by atoms with Crippen LogP contribution in [0.5, 0.6) is 0 Å². The van der Waals surface area contributed by atoms with Gasteiger partial charge < -0.3 is 10.0 Å². The van der Waals surface area contributed by atoms with Crippen LogP contribution in [0.2, 0.25) is 0 Å². The summed E-state index contributed by atoms with van der Waals surface area (Å²) in [5, 5.41) is 9.08. The highest BCUT2D eigenvalue weighted by Crippen LogP contribution is 2.39. The Balaban J connectivity index is 1.79. The molecule has 4 nitrogen and oxygen atoms in total. The van der Waals surface area contributed by atoms with E-state index in [-0.39, 0.29) is 24.1 Å². The normalized spacial score (nSPS) is 23.7. The summed E-state index contributed by atoms with van der Waals surface area (Å²) in [4.78, 5) is 25.1. The standard InChI is InChI=1S/C16H17F2NO3/c17-13-2-1-3-14(18)12(13)8-19(9-4-5-9)15(20)10-6-7-11(10)16(21)22/h1-3,9-11H,4-8H2,(H,21,22). The number of carbonyl (C=O) groups excluding carboxylic acids is 1. The second kappa shape index (κ2) is 5.66. The molecule has 2 unspecified atom stereocenters. The number of aliphatic carboxylic acids is 1. The monoisotopic (exact) mass is 309 g/mol. The van der Waals surface area contributed by atoms with Crippen molar-refractivity contribution in [3.8, 4) is 0 Å². The Morgan fingerprint density at radius 1 is 1.09 bits per heavy atom. The van der Waals surface area contributed by atoms with E-state index in [2.05, 4.69) is 0 Å². The van der Waals surface area contributed by atoms with Crippen molar-refractivity contribution in [1.29, 1.82) is 0 Å². The molecule has 2 aliphatic rings. The van der Waals surface area contributed by atoms with Gasteiger partial charge in [-0.2, -0.15) is 0 Å². The Bertz CT molecular complexity index is 595. The van der Waals surface area contributed by atoms with Crippen LogP contribution in [-0.4, -0.2) is 27.9 Å². The van der Waals surface area contributed by atoms with Crippen molar-refractivity contribution in [1.82, 2.24) is 4.90 Å². The van der Waals surface area contributed by atoms with Crippen molar-refractivity contribution < 1.29 is 23.5 Å². The van der Waals surface area contributed by atoms with Gasteiger partial charge in [0.1, 0.15) is 11.6 Å². The summed E-state index contributed by atoms with van der Waals surface area (Å²) in [5.41, 5.74) is -0.131. The van der Waals surface area contributed by atoms with E-state index in [1.54, 1.807) is 0 Å². The van der Waals surface area contributed by atoms with Crippen LogP contribution in [0.15, 0.2) is 18.2 Å². The summed E-state index contributed by atoms with van der Waals surface area (Å²) < 4.78 is 27.6. The lowest BCUT2D eigenvalue weighted by Gasteiger charge is -2.36. The average molecular weight is 309 g/mol. The van der Waals surface area contributed by atoms with E-state index in [4.69, 9.17) is 5.11 Å². The number of rotatable bonds is 5. The molecule has 1 aromatic rings. The lowest BCUT2D eigenvalue weighted by molar-refractivity contribution is -0.157. The highest BCUT2D eigenvalue weighted by molar-refractivity contribution is 5.86. The van der Waals surface area contributed by atoms with Crippen LogP contribution in [0.25, 0.3) is 0 Å². The Kier molecular flexibility index (Phi) is 3.85. The van der Waals surface area contributed by atoms with Gasteiger partial charge in [-0.1, -0.05) is 6.07 Å². The van der Waals surface area contributed by atoms with Crippen LogP contribution in [0.3, 0.4) is 0 Å². The Labute approximate surface area is 126 Å². The number of carboxylic acid groups (broad SMARTS) is 1. The average Bonchev–Trinajstić information content (AvgIpc) is 3.20. The van der Waals surface area contributed by atoms with Crippen molar-refractivity contribution in [2.75, 3.05) is 0 Å². The van der Waals surface area contributed by atoms with Gasteiger partial charge in [-0.3, -0.25) is 9.59 Å². The van der Waals surface area contributed by atoms with E-state index in [1.807, 2.05) is 0 Å². The lowest BCUT2D eigenvalue weighted by atomic mass is 9.73. The van der Waals surface area contributed by atoms with Gasteiger partial charge in [0.25, 0.3) is 0 Å². The fraction of sp³-hybridized carbons (Fsp3) is 0.500.